The number of nitriles is 4. The lowest BCUT2D eigenvalue weighted by Gasteiger charge is -2.14. The zero-order valence-electron chi connectivity index (χ0n) is 6.56. The number of nitrogens with zero attached hydrogens (tertiary/aromatic N) is 4. The van der Waals surface area contributed by atoms with E-state index in [1.54, 1.807) is 0 Å². The second-order valence-electron chi connectivity index (χ2n) is 2.26. The van der Waals surface area contributed by atoms with E-state index in [1.807, 2.05) is 0 Å². The summed E-state index contributed by atoms with van der Waals surface area (Å²) >= 11 is 0. The van der Waals surface area contributed by atoms with Gasteiger partial charge >= 0.3 is 0 Å². The third kappa shape index (κ3) is 1.80. The minimum Gasteiger partial charge on any atom is -0.303 e. The van der Waals surface area contributed by atoms with Gasteiger partial charge in [0.25, 0.3) is 0 Å². The molecule has 0 aliphatic rings. The van der Waals surface area contributed by atoms with Crippen LogP contribution in [-0.4, -0.2) is 6.29 Å². The highest BCUT2D eigenvalue weighted by atomic mass is 16.1. The number of carbonyl (C=O) groups is 1. The minimum absolute atomic E-state index is 0.355. The standard InChI is InChI=1S/C8H4N4O/c9-3-7(4-10)8(5-11,6-12)1-2-13/h2,7H,1H2. The molecule has 5 heteroatoms. The first-order valence-corrected chi connectivity index (χ1v) is 3.26. The van der Waals surface area contributed by atoms with Gasteiger partial charge in [0.1, 0.15) is 6.29 Å². The Morgan fingerprint density at radius 2 is 1.62 bits per heavy atom. The average molecular weight is 172 g/mol. The van der Waals surface area contributed by atoms with Gasteiger partial charge in [-0.05, 0) is 0 Å². The van der Waals surface area contributed by atoms with Crippen LogP contribution in [0.25, 0.3) is 0 Å². The van der Waals surface area contributed by atoms with Crippen LogP contribution in [0.4, 0.5) is 0 Å². The minimum atomic E-state index is -1.83. The van der Waals surface area contributed by atoms with Gasteiger partial charge in [0.05, 0.1) is 24.3 Å². The molecule has 13 heavy (non-hydrogen) atoms. The van der Waals surface area contributed by atoms with Crippen molar-refractivity contribution in [2.75, 3.05) is 0 Å². The van der Waals surface area contributed by atoms with Gasteiger partial charge in [0.15, 0.2) is 11.3 Å². The van der Waals surface area contributed by atoms with Crippen LogP contribution in [0.3, 0.4) is 0 Å². The molecular formula is C8H4N4O. The van der Waals surface area contributed by atoms with Gasteiger partial charge in [-0.2, -0.15) is 21.0 Å². The molecule has 62 valence electrons. The van der Waals surface area contributed by atoms with E-state index < -0.39 is 17.8 Å². The van der Waals surface area contributed by atoms with Crippen LogP contribution in [0.15, 0.2) is 0 Å². The summed E-state index contributed by atoms with van der Waals surface area (Å²) in [4.78, 5) is 10.2. The summed E-state index contributed by atoms with van der Waals surface area (Å²) in [7, 11) is 0. The number of hydrogen-bond donors (Lipinski definition) is 0. The molecule has 0 radical (unpaired) electrons. The van der Waals surface area contributed by atoms with Crippen molar-refractivity contribution in [2.45, 2.75) is 6.42 Å². The van der Waals surface area contributed by atoms with E-state index in [2.05, 4.69) is 0 Å². The third-order valence-electron chi connectivity index (χ3n) is 1.56. The molecule has 0 fully saturated rings. The Balaban J connectivity index is 5.17. The molecule has 0 saturated heterocycles. The Kier molecular flexibility index (Phi) is 3.68. The molecule has 0 amide bonds. The fourth-order valence-corrected chi connectivity index (χ4v) is 0.744. The lowest BCUT2D eigenvalue weighted by atomic mass is 9.77. The first-order chi connectivity index (χ1) is 6.20. The maximum Gasteiger partial charge on any atom is 0.179 e. The smallest absolute Gasteiger partial charge is 0.179 e. The van der Waals surface area contributed by atoms with Crippen molar-refractivity contribution in [1.29, 1.82) is 21.0 Å². The Morgan fingerprint density at radius 3 is 1.85 bits per heavy atom. The van der Waals surface area contributed by atoms with Crippen LogP contribution in [0.5, 0.6) is 0 Å². The zero-order chi connectivity index (χ0) is 10.3. The molecule has 0 heterocycles. The summed E-state index contributed by atoms with van der Waals surface area (Å²) < 4.78 is 0. The van der Waals surface area contributed by atoms with Gasteiger partial charge in [0.2, 0.25) is 0 Å². The highest BCUT2D eigenvalue weighted by molar-refractivity contribution is 5.54. The van der Waals surface area contributed by atoms with Crippen molar-refractivity contribution >= 4 is 6.29 Å². The second-order valence-corrected chi connectivity index (χ2v) is 2.26. The lowest BCUT2D eigenvalue weighted by molar-refractivity contribution is -0.108. The molecule has 0 atom stereocenters. The molecule has 0 spiro atoms. The molecule has 0 aromatic heterocycles. The van der Waals surface area contributed by atoms with Crippen LogP contribution in [0, 0.1) is 56.7 Å². The largest absolute Gasteiger partial charge is 0.303 e. The SMILES string of the molecule is N#CC(C#N)C(C#N)(C#N)CC=O. The number of hydrogen-bond acceptors (Lipinski definition) is 5. The molecule has 0 aromatic carbocycles. The van der Waals surface area contributed by atoms with Crippen LogP contribution in [0.1, 0.15) is 6.42 Å². The van der Waals surface area contributed by atoms with Crippen molar-refractivity contribution < 1.29 is 4.79 Å². The Bertz CT molecular complexity index is 332. The highest BCUT2D eigenvalue weighted by Crippen LogP contribution is 2.28. The molecular weight excluding hydrogens is 168 g/mol. The summed E-state index contributed by atoms with van der Waals surface area (Å²) in [5.74, 6) is -1.40. The van der Waals surface area contributed by atoms with Crippen LogP contribution < -0.4 is 0 Å². The van der Waals surface area contributed by atoms with Gasteiger partial charge in [0, 0.05) is 6.42 Å². The van der Waals surface area contributed by atoms with Gasteiger partial charge < -0.3 is 4.79 Å². The predicted molar refractivity (Wildman–Crippen MR) is 39.1 cm³/mol. The van der Waals surface area contributed by atoms with Crippen molar-refractivity contribution in [3.05, 3.63) is 0 Å². The Morgan fingerprint density at radius 1 is 1.15 bits per heavy atom. The normalized spacial score (nSPS) is 9.00. The summed E-state index contributed by atoms with van der Waals surface area (Å²) in [6.45, 7) is 0. The van der Waals surface area contributed by atoms with Gasteiger partial charge in [-0.3, -0.25) is 0 Å². The predicted octanol–water partition coefficient (Wildman–Crippen LogP) is 0.272. The topological polar surface area (TPSA) is 112 Å². The number of rotatable bonds is 3. The zero-order valence-corrected chi connectivity index (χ0v) is 6.56. The summed E-state index contributed by atoms with van der Waals surface area (Å²) in [6, 6.07) is 6.09. The van der Waals surface area contributed by atoms with Crippen LogP contribution >= 0.6 is 0 Å². The molecule has 0 aromatic rings. The number of aldehydes is 1. The maximum atomic E-state index is 10.2. The fourth-order valence-electron chi connectivity index (χ4n) is 0.744. The van der Waals surface area contributed by atoms with Crippen LogP contribution in [0.2, 0.25) is 0 Å². The summed E-state index contributed by atoms with van der Waals surface area (Å²) in [5, 5.41) is 34.1. The Hall–Kier alpha value is -2.37. The summed E-state index contributed by atoms with van der Waals surface area (Å²) in [6.07, 6.45) is -0.0695. The van der Waals surface area contributed by atoms with Gasteiger partial charge in [-0.1, -0.05) is 0 Å². The quantitative estimate of drug-likeness (QED) is 0.567. The fraction of sp³-hybridized carbons (Fsp3) is 0.375. The van der Waals surface area contributed by atoms with E-state index in [4.69, 9.17) is 21.0 Å². The molecule has 0 aliphatic heterocycles. The average Bonchev–Trinajstić information content (AvgIpc) is 2.18. The monoisotopic (exact) mass is 172 g/mol. The van der Waals surface area contributed by atoms with Crippen molar-refractivity contribution in [3.8, 4) is 24.3 Å². The van der Waals surface area contributed by atoms with E-state index in [0.717, 1.165) is 0 Å². The number of carbonyl (C=O) groups excluding carboxylic acids is 1. The van der Waals surface area contributed by atoms with E-state index in [9.17, 15) is 4.79 Å². The highest BCUT2D eigenvalue weighted by Gasteiger charge is 2.40. The maximum absolute atomic E-state index is 10.2. The van der Waals surface area contributed by atoms with E-state index in [0.29, 0.717) is 6.29 Å². The van der Waals surface area contributed by atoms with Crippen LogP contribution in [-0.2, 0) is 4.79 Å². The Labute approximate surface area is 75.0 Å². The van der Waals surface area contributed by atoms with Crippen molar-refractivity contribution in [3.63, 3.8) is 0 Å². The van der Waals surface area contributed by atoms with E-state index >= 15 is 0 Å². The first kappa shape index (κ1) is 10.6. The molecule has 0 N–H and O–H groups in total. The van der Waals surface area contributed by atoms with Gasteiger partial charge in [-0.25, -0.2) is 0 Å². The van der Waals surface area contributed by atoms with Crippen molar-refractivity contribution in [1.82, 2.24) is 0 Å². The molecule has 0 aliphatic carbocycles. The molecule has 0 unspecified atom stereocenters. The van der Waals surface area contributed by atoms with Crippen molar-refractivity contribution in [2.24, 2.45) is 11.3 Å². The molecule has 0 rings (SSSR count). The van der Waals surface area contributed by atoms with E-state index in [1.165, 1.54) is 24.3 Å². The third-order valence-corrected chi connectivity index (χ3v) is 1.56. The first-order valence-electron chi connectivity index (χ1n) is 3.26. The second kappa shape index (κ2) is 4.50. The molecule has 5 nitrogen and oxygen atoms in total. The van der Waals surface area contributed by atoms with E-state index in [-0.39, 0.29) is 0 Å². The lowest BCUT2D eigenvalue weighted by Crippen LogP contribution is -2.26. The molecule has 0 saturated carbocycles. The molecule has 0 bridgehead atoms. The van der Waals surface area contributed by atoms with Gasteiger partial charge in [-0.15, -0.1) is 0 Å². The summed E-state index contributed by atoms with van der Waals surface area (Å²) in [5.41, 5.74) is -1.83.